The molecule has 1 aromatic rings. The van der Waals surface area contributed by atoms with E-state index in [9.17, 15) is 4.79 Å². The molecule has 4 nitrogen and oxygen atoms in total. The molecule has 20 heavy (non-hydrogen) atoms. The van der Waals surface area contributed by atoms with Gasteiger partial charge in [-0.05, 0) is 56.5 Å². The first-order valence-electron chi connectivity index (χ1n) is 7.40. The van der Waals surface area contributed by atoms with E-state index < -0.39 is 0 Å². The van der Waals surface area contributed by atoms with Gasteiger partial charge in [0.1, 0.15) is 0 Å². The van der Waals surface area contributed by atoms with Gasteiger partial charge in [0.25, 0.3) is 0 Å². The van der Waals surface area contributed by atoms with E-state index in [1.54, 1.807) is 6.92 Å². The smallest absolute Gasteiger partial charge is 0.221 e. The summed E-state index contributed by atoms with van der Waals surface area (Å²) < 4.78 is 0. The average Bonchev–Trinajstić information content (AvgIpc) is 2.38. The summed E-state index contributed by atoms with van der Waals surface area (Å²) >= 11 is 0. The Hall–Kier alpha value is -1.39. The third-order valence-corrected chi connectivity index (χ3v) is 3.81. The molecule has 0 aliphatic carbocycles. The van der Waals surface area contributed by atoms with Gasteiger partial charge >= 0.3 is 0 Å². The third kappa shape index (κ3) is 4.32. The van der Waals surface area contributed by atoms with Gasteiger partial charge in [0.15, 0.2) is 0 Å². The molecule has 4 heteroatoms. The van der Waals surface area contributed by atoms with Crippen LogP contribution in [0.3, 0.4) is 0 Å². The van der Waals surface area contributed by atoms with Crippen LogP contribution in [-0.2, 0) is 4.79 Å². The summed E-state index contributed by atoms with van der Waals surface area (Å²) in [6, 6.07) is 8.48. The summed E-state index contributed by atoms with van der Waals surface area (Å²) in [6.07, 6.45) is 2.33. The molecule has 110 valence electrons. The Morgan fingerprint density at radius 1 is 1.45 bits per heavy atom. The van der Waals surface area contributed by atoms with E-state index in [-0.39, 0.29) is 11.9 Å². The molecule has 1 atom stereocenters. The van der Waals surface area contributed by atoms with Crippen LogP contribution in [0, 0.1) is 0 Å². The number of rotatable bonds is 4. The number of carbonyl (C=O) groups excluding carboxylic acids is 1. The first-order valence-corrected chi connectivity index (χ1v) is 7.40. The van der Waals surface area contributed by atoms with E-state index in [0.717, 1.165) is 38.2 Å². The van der Waals surface area contributed by atoms with Crippen LogP contribution in [-0.4, -0.2) is 36.5 Å². The van der Waals surface area contributed by atoms with E-state index in [0.29, 0.717) is 5.92 Å². The lowest BCUT2D eigenvalue weighted by atomic mass is 9.89. The Morgan fingerprint density at radius 3 is 2.75 bits per heavy atom. The summed E-state index contributed by atoms with van der Waals surface area (Å²) in [5.74, 6) is 0.571. The number of hydrogen-bond acceptors (Lipinski definition) is 3. The molecule has 0 bridgehead atoms. The number of nitrogens with one attached hydrogen (secondary N) is 1. The zero-order chi connectivity index (χ0) is 14.5. The monoisotopic (exact) mass is 275 g/mol. The van der Waals surface area contributed by atoms with E-state index in [2.05, 4.69) is 29.3 Å². The van der Waals surface area contributed by atoms with Gasteiger partial charge in [-0.25, -0.2) is 0 Å². The molecule has 0 aromatic heterocycles. The molecule has 1 fully saturated rings. The normalized spacial score (nSPS) is 18.8. The highest BCUT2D eigenvalue weighted by molar-refractivity contribution is 5.88. The van der Waals surface area contributed by atoms with E-state index in [4.69, 9.17) is 5.73 Å². The fourth-order valence-electron chi connectivity index (χ4n) is 2.93. The molecule has 1 heterocycles. The zero-order valence-corrected chi connectivity index (χ0v) is 12.4. The topological polar surface area (TPSA) is 58.4 Å². The maximum atomic E-state index is 11.1. The van der Waals surface area contributed by atoms with Crippen molar-refractivity contribution in [3.05, 3.63) is 29.8 Å². The molecule has 1 amide bonds. The molecule has 0 radical (unpaired) electrons. The van der Waals surface area contributed by atoms with Crippen molar-refractivity contribution >= 4 is 11.6 Å². The standard InChI is InChI=1S/C16H25N3O/c1-12(17)11-19-8-6-14(7-9-19)15-4-3-5-16(10-15)18-13(2)20/h3-5,10,12,14H,6-9,11,17H2,1-2H3,(H,18,20). The Bertz CT molecular complexity index is 451. The first-order chi connectivity index (χ1) is 9.54. The predicted molar refractivity (Wildman–Crippen MR) is 82.8 cm³/mol. The number of piperidine rings is 1. The highest BCUT2D eigenvalue weighted by Gasteiger charge is 2.21. The number of likely N-dealkylation sites (tertiary alicyclic amines) is 1. The number of carbonyl (C=O) groups is 1. The van der Waals surface area contributed by atoms with Crippen LogP contribution in [0.25, 0.3) is 0 Å². The number of nitrogens with two attached hydrogens (primary N) is 1. The van der Waals surface area contributed by atoms with Gasteiger partial charge in [0.2, 0.25) is 5.91 Å². The summed E-state index contributed by atoms with van der Waals surface area (Å²) in [5, 5.41) is 2.85. The molecular formula is C16H25N3O. The number of anilines is 1. The quantitative estimate of drug-likeness (QED) is 0.885. The van der Waals surface area contributed by atoms with Crippen LogP contribution in [0.2, 0.25) is 0 Å². The Morgan fingerprint density at radius 2 is 2.15 bits per heavy atom. The molecule has 0 saturated carbocycles. The predicted octanol–water partition coefficient (Wildman–Crippen LogP) is 2.17. The lowest BCUT2D eigenvalue weighted by Crippen LogP contribution is -2.40. The van der Waals surface area contributed by atoms with Gasteiger partial charge in [-0.2, -0.15) is 0 Å². The van der Waals surface area contributed by atoms with Gasteiger partial charge in [-0.1, -0.05) is 12.1 Å². The lowest BCUT2D eigenvalue weighted by molar-refractivity contribution is -0.114. The lowest BCUT2D eigenvalue weighted by Gasteiger charge is -2.33. The van der Waals surface area contributed by atoms with Crippen molar-refractivity contribution in [1.82, 2.24) is 4.90 Å². The van der Waals surface area contributed by atoms with Crippen molar-refractivity contribution in [3.8, 4) is 0 Å². The molecule has 0 spiro atoms. The van der Waals surface area contributed by atoms with Crippen LogP contribution in [0.1, 0.15) is 38.2 Å². The molecule has 2 rings (SSSR count). The summed E-state index contributed by atoms with van der Waals surface area (Å²) in [7, 11) is 0. The van der Waals surface area contributed by atoms with E-state index in [1.807, 2.05) is 12.1 Å². The van der Waals surface area contributed by atoms with Gasteiger partial charge in [-0.15, -0.1) is 0 Å². The van der Waals surface area contributed by atoms with Crippen molar-refractivity contribution in [1.29, 1.82) is 0 Å². The largest absolute Gasteiger partial charge is 0.327 e. The van der Waals surface area contributed by atoms with Crippen molar-refractivity contribution < 1.29 is 4.79 Å². The molecule has 1 aromatic carbocycles. The van der Waals surface area contributed by atoms with Crippen molar-refractivity contribution in [3.63, 3.8) is 0 Å². The van der Waals surface area contributed by atoms with Crippen LogP contribution in [0.15, 0.2) is 24.3 Å². The summed E-state index contributed by atoms with van der Waals surface area (Å²) in [6.45, 7) is 6.80. The Balaban J connectivity index is 1.94. The zero-order valence-electron chi connectivity index (χ0n) is 12.4. The van der Waals surface area contributed by atoms with Crippen molar-refractivity contribution in [2.24, 2.45) is 5.73 Å². The van der Waals surface area contributed by atoms with Gasteiger partial charge in [-0.3, -0.25) is 4.79 Å². The van der Waals surface area contributed by atoms with E-state index >= 15 is 0 Å². The first kappa shape index (κ1) is 15.0. The second-order valence-electron chi connectivity index (χ2n) is 5.86. The molecule has 1 aliphatic heterocycles. The van der Waals surface area contributed by atoms with E-state index in [1.165, 1.54) is 5.56 Å². The number of amides is 1. The van der Waals surface area contributed by atoms with Crippen LogP contribution < -0.4 is 11.1 Å². The van der Waals surface area contributed by atoms with Crippen molar-refractivity contribution in [2.45, 2.75) is 38.6 Å². The summed E-state index contributed by atoms with van der Waals surface area (Å²) in [5.41, 5.74) is 8.08. The molecule has 3 N–H and O–H groups in total. The maximum absolute atomic E-state index is 11.1. The second-order valence-corrected chi connectivity index (χ2v) is 5.86. The Kier molecular flexibility index (Phi) is 5.15. The maximum Gasteiger partial charge on any atom is 0.221 e. The molecule has 1 aliphatic rings. The molecule has 1 unspecified atom stereocenters. The number of benzene rings is 1. The minimum atomic E-state index is -0.0195. The van der Waals surface area contributed by atoms with Crippen LogP contribution >= 0.6 is 0 Å². The minimum absolute atomic E-state index is 0.0195. The van der Waals surface area contributed by atoms with Crippen molar-refractivity contribution in [2.75, 3.05) is 25.0 Å². The minimum Gasteiger partial charge on any atom is -0.327 e. The molecule has 1 saturated heterocycles. The highest BCUT2D eigenvalue weighted by Crippen LogP contribution is 2.29. The second kappa shape index (κ2) is 6.86. The van der Waals surface area contributed by atoms with Crippen LogP contribution in [0.5, 0.6) is 0 Å². The highest BCUT2D eigenvalue weighted by atomic mass is 16.1. The fraction of sp³-hybridized carbons (Fsp3) is 0.562. The van der Waals surface area contributed by atoms with Gasteiger partial charge in [0, 0.05) is 25.2 Å². The fourth-order valence-corrected chi connectivity index (χ4v) is 2.93. The SMILES string of the molecule is CC(=O)Nc1cccc(C2CCN(CC(C)N)CC2)c1. The number of nitrogens with zero attached hydrogens (tertiary/aromatic N) is 1. The average molecular weight is 275 g/mol. The van der Waals surface area contributed by atoms with Gasteiger partial charge < -0.3 is 16.0 Å². The summed E-state index contributed by atoms with van der Waals surface area (Å²) in [4.78, 5) is 13.6. The van der Waals surface area contributed by atoms with Gasteiger partial charge in [0.05, 0.1) is 0 Å². The van der Waals surface area contributed by atoms with Crippen LogP contribution in [0.4, 0.5) is 5.69 Å². The molecular weight excluding hydrogens is 250 g/mol. The number of hydrogen-bond donors (Lipinski definition) is 2. The Labute approximate surface area is 121 Å². The third-order valence-electron chi connectivity index (χ3n) is 3.81.